The summed E-state index contributed by atoms with van der Waals surface area (Å²) in [5, 5.41) is 17.4. The topological polar surface area (TPSA) is 75.3 Å². The Labute approximate surface area is 69.3 Å². The molecule has 5 heteroatoms. The normalized spacial score (nSPS) is 12.8. The van der Waals surface area contributed by atoms with Gasteiger partial charge in [0.15, 0.2) is 6.10 Å². The number of hydrogen-bond donors (Lipinski definition) is 2. The smallest absolute Gasteiger partial charge is 0.332 e. The number of aromatic nitrogens is 2. The number of rotatable bonds is 3. The summed E-state index contributed by atoms with van der Waals surface area (Å²) < 4.78 is 1.67. The van der Waals surface area contributed by atoms with Crippen LogP contribution >= 0.6 is 0 Å². The van der Waals surface area contributed by atoms with E-state index in [1.54, 1.807) is 17.9 Å². The summed E-state index contributed by atoms with van der Waals surface area (Å²) in [4.78, 5) is 14.1. The van der Waals surface area contributed by atoms with Crippen LogP contribution in [0, 0.1) is 0 Å². The zero-order chi connectivity index (χ0) is 9.14. The summed E-state index contributed by atoms with van der Waals surface area (Å²) in [5.74, 6) is -1.21. The third-order valence-corrected chi connectivity index (χ3v) is 1.60. The fraction of sp³-hybridized carbons (Fsp3) is 0.429. The maximum absolute atomic E-state index is 10.3. The van der Waals surface area contributed by atoms with Gasteiger partial charge < -0.3 is 14.8 Å². The third-order valence-electron chi connectivity index (χ3n) is 1.60. The van der Waals surface area contributed by atoms with Crippen molar-refractivity contribution in [2.24, 2.45) is 7.05 Å². The van der Waals surface area contributed by atoms with Gasteiger partial charge in [0.2, 0.25) is 0 Å². The first-order valence-corrected chi connectivity index (χ1v) is 3.47. The van der Waals surface area contributed by atoms with E-state index in [1.165, 1.54) is 6.20 Å². The first-order valence-electron chi connectivity index (χ1n) is 3.47. The molecule has 1 aromatic heterocycles. The fourth-order valence-electron chi connectivity index (χ4n) is 0.867. The molecule has 1 unspecified atom stereocenters. The van der Waals surface area contributed by atoms with Gasteiger partial charge in [-0.3, -0.25) is 0 Å². The second kappa shape index (κ2) is 3.36. The van der Waals surface area contributed by atoms with E-state index in [-0.39, 0.29) is 6.42 Å². The second-order valence-electron chi connectivity index (χ2n) is 2.55. The molecule has 0 spiro atoms. The lowest BCUT2D eigenvalue weighted by atomic mass is 10.2. The minimum Gasteiger partial charge on any atom is -0.479 e. The Hall–Kier alpha value is -1.36. The van der Waals surface area contributed by atoms with Gasteiger partial charge in [-0.25, -0.2) is 9.78 Å². The molecule has 0 saturated heterocycles. The molecular weight excluding hydrogens is 160 g/mol. The number of aryl methyl sites for hydroxylation is 1. The molecule has 2 N–H and O–H groups in total. The van der Waals surface area contributed by atoms with Crippen LogP contribution < -0.4 is 0 Å². The summed E-state index contributed by atoms with van der Waals surface area (Å²) >= 11 is 0. The average Bonchev–Trinajstić information content (AvgIpc) is 2.36. The summed E-state index contributed by atoms with van der Waals surface area (Å²) in [7, 11) is 1.75. The number of carboxylic acids is 1. The Morgan fingerprint density at radius 2 is 2.50 bits per heavy atom. The molecule has 0 aliphatic rings. The average molecular weight is 170 g/mol. The number of aliphatic carboxylic acids is 1. The number of hydrogen-bond acceptors (Lipinski definition) is 3. The van der Waals surface area contributed by atoms with Gasteiger partial charge >= 0.3 is 5.97 Å². The van der Waals surface area contributed by atoms with Crippen LogP contribution in [-0.2, 0) is 18.3 Å². The van der Waals surface area contributed by atoms with Crippen molar-refractivity contribution in [2.45, 2.75) is 12.5 Å². The first kappa shape index (κ1) is 8.73. The SMILES string of the molecule is Cn1cncc1CC(O)C(=O)O. The summed E-state index contributed by atoms with van der Waals surface area (Å²) in [6, 6.07) is 0. The van der Waals surface area contributed by atoms with Gasteiger partial charge in [0.05, 0.1) is 6.33 Å². The van der Waals surface area contributed by atoms with Crippen molar-refractivity contribution in [1.82, 2.24) is 9.55 Å². The van der Waals surface area contributed by atoms with E-state index < -0.39 is 12.1 Å². The number of imidazole rings is 1. The molecule has 1 rings (SSSR count). The van der Waals surface area contributed by atoms with Crippen molar-refractivity contribution >= 4 is 5.97 Å². The largest absolute Gasteiger partial charge is 0.479 e. The first-order chi connectivity index (χ1) is 5.61. The van der Waals surface area contributed by atoms with Crippen molar-refractivity contribution in [3.63, 3.8) is 0 Å². The van der Waals surface area contributed by atoms with Gasteiger partial charge in [-0.15, -0.1) is 0 Å². The Bertz CT molecular complexity index is 282. The maximum atomic E-state index is 10.3. The monoisotopic (exact) mass is 170 g/mol. The van der Waals surface area contributed by atoms with E-state index >= 15 is 0 Å². The number of nitrogens with zero attached hydrogens (tertiary/aromatic N) is 2. The number of carboxylic acid groups (broad SMARTS) is 1. The Morgan fingerprint density at radius 1 is 1.83 bits per heavy atom. The molecule has 0 aromatic carbocycles. The van der Waals surface area contributed by atoms with Gasteiger partial charge in [0.1, 0.15) is 0 Å². The molecular formula is C7H10N2O3. The zero-order valence-electron chi connectivity index (χ0n) is 6.64. The Morgan fingerprint density at radius 3 is 2.92 bits per heavy atom. The van der Waals surface area contributed by atoms with E-state index in [1.807, 2.05) is 0 Å². The molecule has 66 valence electrons. The predicted molar refractivity (Wildman–Crippen MR) is 40.6 cm³/mol. The van der Waals surface area contributed by atoms with Gasteiger partial charge in [-0.2, -0.15) is 0 Å². The quantitative estimate of drug-likeness (QED) is 0.635. The molecule has 0 aliphatic heterocycles. The Balaban J connectivity index is 2.64. The molecule has 12 heavy (non-hydrogen) atoms. The van der Waals surface area contributed by atoms with Crippen LogP contribution in [0.1, 0.15) is 5.69 Å². The van der Waals surface area contributed by atoms with Crippen LogP contribution in [0.4, 0.5) is 0 Å². The molecule has 1 heterocycles. The lowest BCUT2D eigenvalue weighted by molar-refractivity contribution is -0.146. The van der Waals surface area contributed by atoms with Gasteiger partial charge in [0, 0.05) is 25.4 Å². The van der Waals surface area contributed by atoms with Gasteiger partial charge in [0.25, 0.3) is 0 Å². The fourth-order valence-corrected chi connectivity index (χ4v) is 0.867. The van der Waals surface area contributed by atoms with E-state index in [0.717, 1.165) is 0 Å². The van der Waals surface area contributed by atoms with Crippen molar-refractivity contribution < 1.29 is 15.0 Å². The summed E-state index contributed by atoms with van der Waals surface area (Å²) in [5.41, 5.74) is 0.699. The highest BCUT2D eigenvalue weighted by Gasteiger charge is 2.14. The van der Waals surface area contributed by atoms with Crippen molar-refractivity contribution in [3.05, 3.63) is 18.2 Å². The number of aliphatic hydroxyl groups is 1. The minimum absolute atomic E-state index is 0.0891. The van der Waals surface area contributed by atoms with E-state index in [4.69, 9.17) is 10.2 Å². The Kier molecular flexibility index (Phi) is 2.44. The lowest BCUT2D eigenvalue weighted by Gasteiger charge is -2.04. The highest BCUT2D eigenvalue weighted by atomic mass is 16.4. The molecule has 0 fully saturated rings. The lowest BCUT2D eigenvalue weighted by Crippen LogP contribution is -2.22. The van der Waals surface area contributed by atoms with Crippen molar-refractivity contribution in [3.8, 4) is 0 Å². The van der Waals surface area contributed by atoms with Crippen LogP contribution in [0.2, 0.25) is 0 Å². The molecule has 0 aliphatic carbocycles. The van der Waals surface area contributed by atoms with Crippen LogP contribution in [0.15, 0.2) is 12.5 Å². The second-order valence-corrected chi connectivity index (χ2v) is 2.55. The zero-order valence-corrected chi connectivity index (χ0v) is 6.64. The standard InChI is InChI=1S/C7H10N2O3/c1-9-4-8-3-5(9)2-6(10)7(11)12/h3-4,6,10H,2H2,1H3,(H,11,12). The third kappa shape index (κ3) is 1.82. The molecule has 0 amide bonds. The van der Waals surface area contributed by atoms with Crippen LogP contribution in [-0.4, -0.2) is 31.8 Å². The summed E-state index contributed by atoms with van der Waals surface area (Å²) in [6.45, 7) is 0. The number of carbonyl (C=O) groups is 1. The van der Waals surface area contributed by atoms with Crippen LogP contribution in [0.5, 0.6) is 0 Å². The molecule has 1 atom stereocenters. The summed E-state index contributed by atoms with van der Waals surface area (Å²) in [6.07, 6.45) is 1.84. The van der Waals surface area contributed by atoms with E-state index in [9.17, 15) is 4.79 Å². The van der Waals surface area contributed by atoms with Crippen molar-refractivity contribution in [2.75, 3.05) is 0 Å². The molecule has 0 saturated carbocycles. The molecule has 1 aromatic rings. The number of aliphatic hydroxyl groups excluding tert-OH is 1. The van der Waals surface area contributed by atoms with Crippen LogP contribution in [0.25, 0.3) is 0 Å². The van der Waals surface area contributed by atoms with E-state index in [0.29, 0.717) is 5.69 Å². The molecule has 0 radical (unpaired) electrons. The van der Waals surface area contributed by atoms with E-state index in [2.05, 4.69) is 4.98 Å². The van der Waals surface area contributed by atoms with Crippen LogP contribution in [0.3, 0.4) is 0 Å². The van der Waals surface area contributed by atoms with Gasteiger partial charge in [-0.1, -0.05) is 0 Å². The van der Waals surface area contributed by atoms with Gasteiger partial charge in [-0.05, 0) is 0 Å². The minimum atomic E-state index is -1.35. The molecule has 0 bridgehead atoms. The highest BCUT2D eigenvalue weighted by Crippen LogP contribution is 2.01. The van der Waals surface area contributed by atoms with Crippen molar-refractivity contribution in [1.29, 1.82) is 0 Å². The molecule has 5 nitrogen and oxygen atoms in total. The highest BCUT2D eigenvalue weighted by molar-refractivity contribution is 5.72. The predicted octanol–water partition coefficient (Wildman–Crippen LogP) is -0.592. The maximum Gasteiger partial charge on any atom is 0.332 e.